The van der Waals surface area contributed by atoms with E-state index in [1.807, 2.05) is 6.08 Å². The quantitative estimate of drug-likeness (QED) is 0.577. The molecule has 3 heteroatoms. The zero-order chi connectivity index (χ0) is 12.4. The zero-order valence-corrected chi connectivity index (χ0v) is 11.3. The van der Waals surface area contributed by atoms with Gasteiger partial charge in [0.2, 0.25) is 0 Å². The van der Waals surface area contributed by atoms with Gasteiger partial charge >= 0.3 is 0 Å². The Morgan fingerprint density at radius 1 is 1.31 bits per heavy atom. The molecule has 0 aliphatic carbocycles. The first-order valence-electron chi connectivity index (χ1n) is 6.16. The van der Waals surface area contributed by atoms with E-state index < -0.39 is 0 Å². The van der Waals surface area contributed by atoms with Crippen LogP contribution < -0.4 is 5.32 Å². The van der Waals surface area contributed by atoms with Gasteiger partial charge in [0.1, 0.15) is 0 Å². The van der Waals surface area contributed by atoms with Crippen molar-refractivity contribution in [1.29, 1.82) is 0 Å². The SMILES string of the molecule is C=CCN(CCOC)C(C)CNCC(C)C. The van der Waals surface area contributed by atoms with Gasteiger partial charge in [-0.1, -0.05) is 19.9 Å². The largest absolute Gasteiger partial charge is 0.383 e. The molecule has 0 bridgehead atoms. The van der Waals surface area contributed by atoms with Crippen LogP contribution >= 0.6 is 0 Å². The standard InChI is InChI=1S/C13H28N2O/c1-6-7-15(8-9-16-5)13(4)11-14-10-12(2)3/h6,12-14H,1,7-11H2,2-5H3. The van der Waals surface area contributed by atoms with Crippen molar-refractivity contribution in [1.82, 2.24) is 10.2 Å². The van der Waals surface area contributed by atoms with Crippen LogP contribution in [-0.2, 0) is 4.74 Å². The average Bonchev–Trinajstić information content (AvgIpc) is 2.23. The highest BCUT2D eigenvalue weighted by Gasteiger charge is 2.11. The van der Waals surface area contributed by atoms with Gasteiger partial charge in [-0.2, -0.15) is 0 Å². The normalized spacial score (nSPS) is 13.4. The van der Waals surface area contributed by atoms with Gasteiger partial charge in [0.15, 0.2) is 0 Å². The van der Waals surface area contributed by atoms with Crippen LogP contribution in [0.1, 0.15) is 20.8 Å². The number of hydrogen-bond donors (Lipinski definition) is 1. The third kappa shape index (κ3) is 7.85. The van der Waals surface area contributed by atoms with Crippen molar-refractivity contribution in [2.24, 2.45) is 5.92 Å². The molecule has 0 aliphatic heterocycles. The lowest BCUT2D eigenvalue weighted by Crippen LogP contribution is -2.42. The first kappa shape index (κ1) is 15.6. The summed E-state index contributed by atoms with van der Waals surface area (Å²) >= 11 is 0. The molecule has 0 spiro atoms. The van der Waals surface area contributed by atoms with Gasteiger partial charge in [-0.3, -0.25) is 4.90 Å². The summed E-state index contributed by atoms with van der Waals surface area (Å²) in [6.07, 6.45) is 1.95. The van der Waals surface area contributed by atoms with E-state index in [2.05, 4.69) is 37.6 Å². The lowest BCUT2D eigenvalue weighted by Gasteiger charge is -2.28. The third-order valence-electron chi connectivity index (χ3n) is 2.56. The minimum Gasteiger partial charge on any atom is -0.383 e. The van der Waals surface area contributed by atoms with E-state index in [0.717, 1.165) is 32.8 Å². The Morgan fingerprint density at radius 2 is 2.00 bits per heavy atom. The van der Waals surface area contributed by atoms with Crippen LogP contribution in [0.25, 0.3) is 0 Å². The van der Waals surface area contributed by atoms with Gasteiger partial charge < -0.3 is 10.1 Å². The summed E-state index contributed by atoms with van der Waals surface area (Å²) in [4.78, 5) is 2.38. The highest BCUT2D eigenvalue weighted by Crippen LogP contribution is 1.98. The van der Waals surface area contributed by atoms with Gasteiger partial charge in [0.25, 0.3) is 0 Å². The van der Waals surface area contributed by atoms with Crippen LogP contribution in [0.15, 0.2) is 12.7 Å². The predicted octanol–water partition coefficient (Wildman–Crippen LogP) is 1.75. The van der Waals surface area contributed by atoms with Crippen LogP contribution in [0, 0.1) is 5.92 Å². The summed E-state index contributed by atoms with van der Waals surface area (Å²) in [5.41, 5.74) is 0. The molecular formula is C13H28N2O. The van der Waals surface area contributed by atoms with Crippen molar-refractivity contribution >= 4 is 0 Å². The molecule has 1 unspecified atom stereocenters. The summed E-state index contributed by atoms with van der Waals surface area (Å²) in [6.45, 7) is 15.3. The summed E-state index contributed by atoms with van der Waals surface area (Å²) in [6, 6.07) is 0.520. The fourth-order valence-electron chi connectivity index (χ4n) is 1.58. The maximum absolute atomic E-state index is 5.12. The van der Waals surface area contributed by atoms with Crippen LogP contribution in [0.5, 0.6) is 0 Å². The molecule has 1 atom stereocenters. The van der Waals surface area contributed by atoms with Crippen molar-refractivity contribution in [3.8, 4) is 0 Å². The minimum atomic E-state index is 0.520. The summed E-state index contributed by atoms with van der Waals surface area (Å²) in [7, 11) is 1.74. The van der Waals surface area contributed by atoms with E-state index in [9.17, 15) is 0 Å². The zero-order valence-electron chi connectivity index (χ0n) is 11.3. The Bertz CT molecular complexity index is 171. The van der Waals surface area contributed by atoms with Crippen molar-refractivity contribution in [2.45, 2.75) is 26.8 Å². The molecule has 1 N–H and O–H groups in total. The fraction of sp³-hybridized carbons (Fsp3) is 0.846. The van der Waals surface area contributed by atoms with Crippen molar-refractivity contribution in [3.63, 3.8) is 0 Å². The Hall–Kier alpha value is -0.380. The predicted molar refractivity (Wildman–Crippen MR) is 70.8 cm³/mol. The van der Waals surface area contributed by atoms with Gasteiger partial charge in [0.05, 0.1) is 6.61 Å². The van der Waals surface area contributed by atoms with E-state index in [1.165, 1.54) is 0 Å². The topological polar surface area (TPSA) is 24.5 Å². The lowest BCUT2D eigenvalue weighted by molar-refractivity contribution is 0.132. The van der Waals surface area contributed by atoms with E-state index in [4.69, 9.17) is 4.74 Å². The molecule has 96 valence electrons. The average molecular weight is 228 g/mol. The molecule has 0 aromatic heterocycles. The second-order valence-corrected chi connectivity index (χ2v) is 4.68. The Morgan fingerprint density at radius 3 is 2.50 bits per heavy atom. The molecule has 0 aromatic rings. The second-order valence-electron chi connectivity index (χ2n) is 4.68. The van der Waals surface area contributed by atoms with Gasteiger partial charge in [-0.25, -0.2) is 0 Å². The monoisotopic (exact) mass is 228 g/mol. The molecular weight excluding hydrogens is 200 g/mol. The minimum absolute atomic E-state index is 0.520. The van der Waals surface area contributed by atoms with Gasteiger partial charge in [-0.15, -0.1) is 6.58 Å². The molecule has 0 aromatic carbocycles. The summed E-state index contributed by atoms with van der Waals surface area (Å²) < 4.78 is 5.12. The number of ether oxygens (including phenoxy) is 1. The molecule has 16 heavy (non-hydrogen) atoms. The smallest absolute Gasteiger partial charge is 0.0589 e. The Labute approximate surface area is 101 Å². The summed E-state index contributed by atoms with van der Waals surface area (Å²) in [5, 5.41) is 3.48. The van der Waals surface area contributed by atoms with Crippen molar-refractivity contribution in [3.05, 3.63) is 12.7 Å². The van der Waals surface area contributed by atoms with Gasteiger partial charge in [-0.05, 0) is 19.4 Å². The van der Waals surface area contributed by atoms with E-state index in [-0.39, 0.29) is 0 Å². The molecule has 0 saturated carbocycles. The Kier molecular flexibility index (Phi) is 9.59. The number of hydrogen-bond acceptors (Lipinski definition) is 3. The number of nitrogens with zero attached hydrogens (tertiary/aromatic N) is 1. The van der Waals surface area contributed by atoms with Crippen LogP contribution in [0.4, 0.5) is 0 Å². The summed E-state index contributed by atoms with van der Waals surface area (Å²) in [5.74, 6) is 0.707. The molecule has 0 fully saturated rings. The molecule has 0 heterocycles. The lowest BCUT2D eigenvalue weighted by atomic mass is 10.2. The van der Waals surface area contributed by atoms with Crippen molar-refractivity contribution in [2.75, 3.05) is 39.9 Å². The van der Waals surface area contributed by atoms with Crippen LogP contribution in [0.2, 0.25) is 0 Å². The molecule has 0 saturated heterocycles. The van der Waals surface area contributed by atoms with Crippen molar-refractivity contribution < 1.29 is 4.74 Å². The van der Waals surface area contributed by atoms with Crippen LogP contribution in [-0.4, -0.2) is 50.8 Å². The second kappa shape index (κ2) is 9.82. The molecule has 0 amide bonds. The first-order chi connectivity index (χ1) is 7.61. The molecule has 0 aliphatic rings. The maximum Gasteiger partial charge on any atom is 0.0589 e. The van der Waals surface area contributed by atoms with Gasteiger partial charge in [0, 0.05) is 32.8 Å². The Balaban J connectivity index is 3.85. The molecule has 0 radical (unpaired) electrons. The van der Waals surface area contributed by atoms with Crippen LogP contribution in [0.3, 0.4) is 0 Å². The fourth-order valence-corrected chi connectivity index (χ4v) is 1.58. The number of rotatable bonds is 10. The number of nitrogens with one attached hydrogen (secondary N) is 1. The molecule has 3 nitrogen and oxygen atoms in total. The highest BCUT2D eigenvalue weighted by molar-refractivity contribution is 4.78. The molecule has 0 rings (SSSR count). The highest BCUT2D eigenvalue weighted by atomic mass is 16.5. The maximum atomic E-state index is 5.12. The van der Waals surface area contributed by atoms with E-state index >= 15 is 0 Å². The number of methoxy groups -OCH3 is 1. The first-order valence-corrected chi connectivity index (χ1v) is 6.16. The van der Waals surface area contributed by atoms with E-state index in [0.29, 0.717) is 12.0 Å². The van der Waals surface area contributed by atoms with E-state index in [1.54, 1.807) is 7.11 Å². The third-order valence-corrected chi connectivity index (χ3v) is 2.56.